The first-order valence-corrected chi connectivity index (χ1v) is 11.5. The summed E-state index contributed by atoms with van der Waals surface area (Å²) < 4.78 is 5.48. The number of carbonyl (C=O) groups is 1. The summed E-state index contributed by atoms with van der Waals surface area (Å²) in [5, 5.41) is 3.91. The lowest BCUT2D eigenvalue weighted by Crippen LogP contribution is -2.55. The van der Waals surface area contributed by atoms with Crippen LogP contribution in [0.2, 0.25) is 0 Å². The molecule has 1 atom stereocenters. The van der Waals surface area contributed by atoms with Crippen LogP contribution in [0.25, 0.3) is 0 Å². The Morgan fingerprint density at radius 3 is 2.77 bits per heavy atom. The maximum atomic E-state index is 12.7. The minimum Gasteiger partial charge on any atom is -0.343 e. The van der Waals surface area contributed by atoms with Crippen LogP contribution in [0.1, 0.15) is 23.9 Å². The van der Waals surface area contributed by atoms with Crippen molar-refractivity contribution in [2.45, 2.75) is 26.3 Å². The number of benzene rings is 2. The number of aromatic nitrogens is 2. The molecule has 156 valence electrons. The predicted molar refractivity (Wildman–Crippen MR) is 125 cm³/mol. The zero-order valence-electron chi connectivity index (χ0n) is 17.0. The number of halogens is 1. The number of nitrogens with zero attached hydrogens (tertiary/aromatic N) is 4. The van der Waals surface area contributed by atoms with E-state index in [2.05, 4.69) is 68.6 Å². The Labute approximate surface area is 189 Å². The van der Waals surface area contributed by atoms with Gasteiger partial charge in [0.1, 0.15) is 5.82 Å². The van der Waals surface area contributed by atoms with E-state index < -0.39 is 0 Å². The quantitative estimate of drug-likeness (QED) is 0.568. The number of rotatable bonds is 4. The van der Waals surface area contributed by atoms with Gasteiger partial charge in [-0.25, -0.2) is 9.78 Å². The van der Waals surface area contributed by atoms with Crippen molar-refractivity contribution in [2.24, 2.45) is 0 Å². The average Bonchev–Trinajstić information content (AvgIpc) is 3.18. The molecule has 0 saturated carbocycles. The van der Waals surface area contributed by atoms with Gasteiger partial charge >= 0.3 is 6.03 Å². The first-order valence-electron chi connectivity index (χ1n) is 9.94. The van der Waals surface area contributed by atoms with Crippen LogP contribution in [-0.2, 0) is 6.42 Å². The van der Waals surface area contributed by atoms with Gasteiger partial charge in [0.15, 0.2) is 0 Å². The van der Waals surface area contributed by atoms with Gasteiger partial charge in [-0.1, -0.05) is 51.8 Å². The van der Waals surface area contributed by atoms with E-state index in [1.807, 2.05) is 29.2 Å². The monoisotopic (exact) mass is 485 g/mol. The van der Waals surface area contributed by atoms with Crippen LogP contribution in [0.3, 0.4) is 0 Å². The van der Waals surface area contributed by atoms with Gasteiger partial charge in [0.05, 0.1) is 0 Å². The first-order chi connectivity index (χ1) is 14.5. The Bertz CT molecular complexity index is 1020. The van der Waals surface area contributed by atoms with Crippen molar-refractivity contribution < 1.29 is 4.79 Å². The van der Waals surface area contributed by atoms with E-state index in [0.717, 1.165) is 40.6 Å². The maximum Gasteiger partial charge on any atom is 0.322 e. The Balaban J connectivity index is 1.35. The molecule has 0 spiro atoms. The lowest BCUT2D eigenvalue weighted by molar-refractivity contribution is 0.185. The Kier molecular flexibility index (Phi) is 6.34. The molecule has 0 radical (unpaired) electrons. The summed E-state index contributed by atoms with van der Waals surface area (Å²) in [6.45, 7) is 6.29. The fraction of sp³-hybridized carbons (Fsp3) is 0.318. The second-order valence-corrected chi connectivity index (χ2v) is 9.23. The van der Waals surface area contributed by atoms with Crippen molar-refractivity contribution in [2.75, 3.05) is 29.9 Å². The summed E-state index contributed by atoms with van der Waals surface area (Å²) in [5.74, 6) is 0.848. The third-order valence-electron chi connectivity index (χ3n) is 5.17. The average molecular weight is 486 g/mol. The maximum absolute atomic E-state index is 12.7. The lowest BCUT2D eigenvalue weighted by atomic mass is 10.1. The molecule has 2 heterocycles. The van der Waals surface area contributed by atoms with Gasteiger partial charge in [0, 0.05) is 53.8 Å². The number of urea groups is 1. The molecule has 8 heteroatoms. The number of hydrogen-bond donors (Lipinski definition) is 1. The van der Waals surface area contributed by atoms with E-state index in [1.165, 1.54) is 22.7 Å². The van der Waals surface area contributed by atoms with Gasteiger partial charge < -0.3 is 15.1 Å². The van der Waals surface area contributed by atoms with E-state index in [4.69, 9.17) is 4.98 Å². The van der Waals surface area contributed by atoms with Gasteiger partial charge in [-0.15, -0.1) is 0 Å². The van der Waals surface area contributed by atoms with Crippen LogP contribution in [-0.4, -0.2) is 46.0 Å². The highest BCUT2D eigenvalue weighted by Gasteiger charge is 2.29. The molecule has 2 aromatic carbocycles. The highest BCUT2D eigenvalue weighted by Crippen LogP contribution is 2.23. The third-order valence-corrected chi connectivity index (χ3v) is 6.48. The van der Waals surface area contributed by atoms with Crippen LogP contribution in [0.4, 0.5) is 15.6 Å². The van der Waals surface area contributed by atoms with Crippen LogP contribution in [0, 0.1) is 6.92 Å². The smallest absolute Gasteiger partial charge is 0.322 e. The molecule has 1 unspecified atom stereocenters. The standard InChI is InChI=1S/C22H24BrN5OS/c1-15-6-8-17(9-7-15)12-20-25-22(30-26-20)27-10-11-28(16(2)14-27)21(29)24-19-5-3-4-18(23)13-19/h3-9,13,16H,10-12,14H2,1-2H3,(H,24,29). The van der Waals surface area contributed by atoms with Crippen molar-refractivity contribution in [3.05, 3.63) is 70.0 Å². The molecule has 1 aliphatic rings. The van der Waals surface area contributed by atoms with Gasteiger partial charge in [-0.3, -0.25) is 0 Å². The van der Waals surface area contributed by atoms with Crippen molar-refractivity contribution in [3.8, 4) is 0 Å². The molecular formula is C22H24BrN5OS. The number of amides is 2. The van der Waals surface area contributed by atoms with Gasteiger partial charge in [-0.2, -0.15) is 4.37 Å². The molecule has 1 saturated heterocycles. The van der Waals surface area contributed by atoms with Crippen molar-refractivity contribution >= 4 is 44.3 Å². The van der Waals surface area contributed by atoms with Crippen LogP contribution in [0.5, 0.6) is 0 Å². The van der Waals surface area contributed by atoms with Crippen LogP contribution >= 0.6 is 27.5 Å². The van der Waals surface area contributed by atoms with Crippen molar-refractivity contribution in [1.82, 2.24) is 14.3 Å². The summed E-state index contributed by atoms with van der Waals surface area (Å²) in [7, 11) is 0. The van der Waals surface area contributed by atoms with E-state index >= 15 is 0 Å². The molecular weight excluding hydrogens is 462 g/mol. The summed E-state index contributed by atoms with van der Waals surface area (Å²) >= 11 is 4.87. The molecule has 4 rings (SSSR count). The molecule has 6 nitrogen and oxygen atoms in total. The summed E-state index contributed by atoms with van der Waals surface area (Å²) in [6.07, 6.45) is 0.737. The molecule has 1 aromatic heterocycles. The SMILES string of the molecule is Cc1ccc(Cc2nsc(N3CCN(C(=O)Nc4cccc(Br)c4)C(C)C3)n2)cc1. The zero-order chi connectivity index (χ0) is 21.1. The number of nitrogens with one attached hydrogen (secondary N) is 1. The molecule has 0 aliphatic carbocycles. The second-order valence-electron chi connectivity index (χ2n) is 7.58. The number of anilines is 2. The molecule has 2 amide bonds. The second kappa shape index (κ2) is 9.14. The van der Waals surface area contributed by atoms with Crippen molar-refractivity contribution in [3.63, 3.8) is 0 Å². The summed E-state index contributed by atoms with van der Waals surface area (Å²) in [6, 6.07) is 16.1. The highest BCUT2D eigenvalue weighted by atomic mass is 79.9. The predicted octanol–water partition coefficient (Wildman–Crippen LogP) is 4.94. The number of carbonyl (C=O) groups excluding carboxylic acids is 1. The Morgan fingerprint density at radius 2 is 2.03 bits per heavy atom. The summed E-state index contributed by atoms with van der Waals surface area (Å²) in [5.41, 5.74) is 3.25. The topological polar surface area (TPSA) is 61.4 Å². The van der Waals surface area contributed by atoms with Gasteiger partial charge in [0.2, 0.25) is 5.13 Å². The fourth-order valence-corrected chi connectivity index (χ4v) is 4.65. The number of piperazine rings is 1. The van der Waals surface area contributed by atoms with E-state index in [9.17, 15) is 4.79 Å². The van der Waals surface area contributed by atoms with Gasteiger partial charge in [0.25, 0.3) is 0 Å². The Hall–Kier alpha value is -2.45. The first kappa shape index (κ1) is 20.8. The number of aryl methyl sites for hydroxylation is 1. The van der Waals surface area contributed by atoms with Gasteiger partial charge in [-0.05, 0) is 37.6 Å². The van der Waals surface area contributed by atoms with Crippen LogP contribution < -0.4 is 10.2 Å². The molecule has 3 aromatic rings. The zero-order valence-corrected chi connectivity index (χ0v) is 19.4. The third kappa shape index (κ3) is 4.99. The van der Waals surface area contributed by atoms with E-state index in [-0.39, 0.29) is 12.1 Å². The van der Waals surface area contributed by atoms with Crippen LogP contribution in [0.15, 0.2) is 53.0 Å². The molecule has 30 heavy (non-hydrogen) atoms. The normalized spacial score (nSPS) is 16.6. The minimum atomic E-state index is -0.0717. The van der Waals surface area contributed by atoms with E-state index in [0.29, 0.717) is 6.54 Å². The Morgan fingerprint density at radius 1 is 1.23 bits per heavy atom. The lowest BCUT2D eigenvalue weighted by Gasteiger charge is -2.39. The fourth-order valence-electron chi connectivity index (χ4n) is 3.53. The molecule has 1 N–H and O–H groups in total. The molecule has 1 fully saturated rings. The highest BCUT2D eigenvalue weighted by molar-refractivity contribution is 9.10. The van der Waals surface area contributed by atoms with Crippen molar-refractivity contribution in [1.29, 1.82) is 0 Å². The number of hydrogen-bond acceptors (Lipinski definition) is 5. The minimum absolute atomic E-state index is 0.0717. The molecule has 1 aliphatic heterocycles. The van der Waals surface area contributed by atoms with E-state index in [1.54, 1.807) is 0 Å². The molecule has 0 bridgehead atoms. The summed E-state index contributed by atoms with van der Waals surface area (Å²) in [4.78, 5) is 21.6. The largest absolute Gasteiger partial charge is 0.343 e.